The van der Waals surface area contributed by atoms with E-state index in [4.69, 9.17) is 16.3 Å². The zero-order valence-electron chi connectivity index (χ0n) is 12.1. The summed E-state index contributed by atoms with van der Waals surface area (Å²) in [6.45, 7) is 0.0333. The molecule has 1 aromatic carbocycles. The summed E-state index contributed by atoms with van der Waals surface area (Å²) in [5, 5.41) is 9.78. The summed E-state index contributed by atoms with van der Waals surface area (Å²) < 4.78 is 5.83. The van der Waals surface area contributed by atoms with Crippen LogP contribution in [-0.4, -0.2) is 40.3 Å². The van der Waals surface area contributed by atoms with Crippen LogP contribution in [-0.2, 0) is 9.53 Å². The molecule has 1 N–H and O–H groups in total. The number of carboxylic acid groups (broad SMARTS) is 1. The van der Waals surface area contributed by atoms with Gasteiger partial charge < -0.3 is 9.84 Å². The minimum absolute atomic E-state index is 0.0333. The molecule has 22 heavy (non-hydrogen) atoms. The summed E-state index contributed by atoms with van der Waals surface area (Å²) in [6.07, 6.45) is 4.29. The molecule has 2 fully saturated rings. The Balaban J connectivity index is 2.00. The van der Waals surface area contributed by atoms with Gasteiger partial charge in [0.05, 0.1) is 17.2 Å². The third kappa shape index (κ3) is 2.48. The van der Waals surface area contributed by atoms with Crippen LogP contribution < -0.4 is 0 Å². The molecule has 0 bridgehead atoms. The maximum atomic E-state index is 13.0. The lowest BCUT2D eigenvalue weighted by Crippen LogP contribution is -2.54. The number of halogens is 1. The molecule has 1 saturated carbocycles. The molecule has 0 radical (unpaired) electrons. The number of rotatable bonds is 2. The quantitative estimate of drug-likeness (QED) is 0.908. The second kappa shape index (κ2) is 5.89. The van der Waals surface area contributed by atoms with Crippen molar-refractivity contribution in [2.24, 2.45) is 0 Å². The number of ether oxygens (including phenoxy) is 1. The molecule has 1 amide bonds. The maximum Gasteiger partial charge on any atom is 0.328 e. The number of amides is 1. The first-order valence-corrected chi connectivity index (χ1v) is 7.88. The SMILES string of the molecule is O=C(O)C1COC2(CCCCC2)N1C(=O)c1ccccc1Cl. The molecule has 1 atom stereocenters. The van der Waals surface area contributed by atoms with Gasteiger partial charge in [0.25, 0.3) is 5.91 Å². The molecule has 1 aliphatic heterocycles. The minimum atomic E-state index is -1.04. The predicted molar refractivity (Wildman–Crippen MR) is 80.8 cm³/mol. The molecule has 2 aliphatic rings. The molecule has 1 aliphatic carbocycles. The van der Waals surface area contributed by atoms with Gasteiger partial charge in [0.15, 0.2) is 6.04 Å². The Morgan fingerprint density at radius 2 is 1.91 bits per heavy atom. The van der Waals surface area contributed by atoms with Crippen molar-refractivity contribution in [3.8, 4) is 0 Å². The van der Waals surface area contributed by atoms with Crippen LogP contribution in [0.2, 0.25) is 5.02 Å². The van der Waals surface area contributed by atoms with Crippen molar-refractivity contribution in [3.63, 3.8) is 0 Å². The monoisotopic (exact) mass is 323 g/mol. The molecule has 3 rings (SSSR count). The Hall–Kier alpha value is -1.59. The molecule has 1 unspecified atom stereocenters. The number of carbonyl (C=O) groups is 2. The molecule has 0 aromatic heterocycles. The summed E-state index contributed by atoms with van der Waals surface area (Å²) in [7, 11) is 0. The second-order valence-corrected chi connectivity index (χ2v) is 6.23. The van der Waals surface area contributed by atoms with E-state index in [1.165, 1.54) is 4.90 Å². The molecule has 1 aromatic rings. The number of hydrogen-bond donors (Lipinski definition) is 1. The summed E-state index contributed by atoms with van der Waals surface area (Å²) in [5.41, 5.74) is -0.469. The minimum Gasteiger partial charge on any atom is -0.480 e. The average molecular weight is 324 g/mol. The van der Waals surface area contributed by atoms with Crippen LogP contribution in [0.4, 0.5) is 0 Å². The summed E-state index contributed by atoms with van der Waals surface area (Å²) >= 11 is 6.12. The number of aliphatic carboxylic acids is 1. The summed E-state index contributed by atoms with van der Waals surface area (Å²) in [6, 6.07) is 5.76. The van der Waals surface area contributed by atoms with E-state index in [2.05, 4.69) is 0 Å². The molecule has 118 valence electrons. The van der Waals surface area contributed by atoms with Gasteiger partial charge in [0.2, 0.25) is 0 Å². The van der Waals surface area contributed by atoms with Crippen LogP contribution in [0.3, 0.4) is 0 Å². The van der Waals surface area contributed by atoms with Crippen molar-refractivity contribution >= 4 is 23.5 Å². The Bertz CT molecular complexity index is 598. The van der Waals surface area contributed by atoms with Crippen molar-refractivity contribution in [1.29, 1.82) is 0 Å². The van der Waals surface area contributed by atoms with Crippen molar-refractivity contribution in [2.45, 2.75) is 43.9 Å². The first-order valence-electron chi connectivity index (χ1n) is 7.50. The topological polar surface area (TPSA) is 66.8 Å². The van der Waals surface area contributed by atoms with E-state index in [0.29, 0.717) is 23.4 Å². The van der Waals surface area contributed by atoms with E-state index in [-0.39, 0.29) is 12.5 Å². The highest BCUT2D eigenvalue weighted by atomic mass is 35.5. The fraction of sp³-hybridized carbons (Fsp3) is 0.500. The van der Waals surface area contributed by atoms with E-state index in [1.807, 2.05) is 0 Å². The van der Waals surface area contributed by atoms with Crippen LogP contribution in [0.25, 0.3) is 0 Å². The zero-order valence-corrected chi connectivity index (χ0v) is 12.9. The van der Waals surface area contributed by atoms with Gasteiger partial charge in [-0.05, 0) is 37.8 Å². The number of benzene rings is 1. The van der Waals surface area contributed by atoms with Crippen LogP contribution in [0, 0.1) is 0 Å². The van der Waals surface area contributed by atoms with Crippen molar-refractivity contribution in [2.75, 3.05) is 6.61 Å². The molecule has 5 nitrogen and oxygen atoms in total. The fourth-order valence-corrected chi connectivity index (χ4v) is 3.64. The number of nitrogens with zero attached hydrogens (tertiary/aromatic N) is 1. The normalized spacial score (nSPS) is 23.7. The van der Waals surface area contributed by atoms with Gasteiger partial charge in [-0.25, -0.2) is 4.79 Å². The summed E-state index contributed by atoms with van der Waals surface area (Å²) in [4.78, 5) is 25.9. The predicted octanol–water partition coefficient (Wildman–Crippen LogP) is 2.93. The highest BCUT2D eigenvalue weighted by Crippen LogP contribution is 2.41. The van der Waals surface area contributed by atoms with E-state index in [0.717, 1.165) is 19.3 Å². The Morgan fingerprint density at radius 1 is 1.23 bits per heavy atom. The third-order valence-electron chi connectivity index (χ3n) is 4.50. The molecular formula is C16H18ClNO4. The van der Waals surface area contributed by atoms with Crippen LogP contribution in [0.1, 0.15) is 42.5 Å². The van der Waals surface area contributed by atoms with Gasteiger partial charge in [0, 0.05) is 0 Å². The Kier molecular flexibility index (Phi) is 4.10. The molecule has 1 saturated heterocycles. The van der Waals surface area contributed by atoms with Crippen LogP contribution >= 0.6 is 11.6 Å². The van der Waals surface area contributed by atoms with Gasteiger partial charge in [-0.15, -0.1) is 0 Å². The largest absolute Gasteiger partial charge is 0.480 e. The number of carbonyl (C=O) groups excluding carboxylic acids is 1. The first-order chi connectivity index (χ1) is 10.6. The average Bonchev–Trinajstić information content (AvgIpc) is 2.87. The van der Waals surface area contributed by atoms with Crippen molar-refractivity contribution in [3.05, 3.63) is 34.9 Å². The number of carboxylic acids is 1. The molecule has 1 heterocycles. The van der Waals surface area contributed by atoms with Gasteiger partial charge in [-0.3, -0.25) is 9.69 Å². The third-order valence-corrected chi connectivity index (χ3v) is 4.83. The van der Waals surface area contributed by atoms with E-state index in [9.17, 15) is 14.7 Å². The van der Waals surface area contributed by atoms with Crippen LogP contribution in [0.5, 0.6) is 0 Å². The van der Waals surface area contributed by atoms with Gasteiger partial charge >= 0.3 is 5.97 Å². The van der Waals surface area contributed by atoms with E-state index >= 15 is 0 Å². The number of hydrogen-bond acceptors (Lipinski definition) is 3. The van der Waals surface area contributed by atoms with Gasteiger partial charge in [0.1, 0.15) is 5.72 Å². The lowest BCUT2D eigenvalue weighted by Gasteiger charge is -2.41. The van der Waals surface area contributed by atoms with Crippen molar-refractivity contribution < 1.29 is 19.4 Å². The molecule has 1 spiro atoms. The zero-order chi connectivity index (χ0) is 15.7. The maximum absolute atomic E-state index is 13.0. The molecule has 6 heteroatoms. The Morgan fingerprint density at radius 3 is 2.55 bits per heavy atom. The lowest BCUT2D eigenvalue weighted by molar-refractivity contribution is -0.143. The fourth-order valence-electron chi connectivity index (χ4n) is 3.42. The van der Waals surface area contributed by atoms with Crippen molar-refractivity contribution in [1.82, 2.24) is 4.90 Å². The first kappa shape index (κ1) is 15.3. The van der Waals surface area contributed by atoms with E-state index < -0.39 is 17.7 Å². The lowest BCUT2D eigenvalue weighted by atomic mass is 9.89. The van der Waals surface area contributed by atoms with Gasteiger partial charge in [-0.2, -0.15) is 0 Å². The van der Waals surface area contributed by atoms with Crippen LogP contribution in [0.15, 0.2) is 24.3 Å². The highest BCUT2D eigenvalue weighted by Gasteiger charge is 2.53. The standard InChI is InChI=1S/C16H18ClNO4/c17-12-7-3-2-6-11(12)14(19)18-13(15(20)21)10-22-16(18)8-4-1-5-9-16/h2-3,6-7,13H,1,4-5,8-10H2,(H,20,21). The van der Waals surface area contributed by atoms with Gasteiger partial charge in [-0.1, -0.05) is 30.2 Å². The van der Waals surface area contributed by atoms with E-state index in [1.54, 1.807) is 24.3 Å². The summed E-state index contributed by atoms with van der Waals surface area (Å²) in [5.74, 6) is -1.40. The highest BCUT2D eigenvalue weighted by molar-refractivity contribution is 6.33. The molecular weight excluding hydrogens is 306 g/mol. The second-order valence-electron chi connectivity index (χ2n) is 5.83. The Labute approximate surface area is 133 Å². The smallest absolute Gasteiger partial charge is 0.328 e.